The molecule has 2 aromatic carbocycles. The van der Waals surface area contributed by atoms with Crippen molar-refractivity contribution in [1.29, 1.82) is 0 Å². The SMILES string of the molecule is CC(C)C[C@H](NC(=O)c1ccc2c(c1)Nc1ccccc1S2)C(=O)N[C@H]1CCOC1=O. The minimum absolute atomic E-state index is 0.185. The van der Waals surface area contributed by atoms with Crippen molar-refractivity contribution in [2.45, 2.75) is 48.6 Å². The van der Waals surface area contributed by atoms with E-state index in [9.17, 15) is 14.4 Å². The first-order chi connectivity index (χ1) is 14.9. The van der Waals surface area contributed by atoms with E-state index < -0.39 is 18.1 Å². The van der Waals surface area contributed by atoms with Crippen LogP contribution in [0.2, 0.25) is 0 Å². The number of hydrogen-bond acceptors (Lipinski definition) is 6. The maximum Gasteiger partial charge on any atom is 0.328 e. The second kappa shape index (κ2) is 9.01. The second-order valence-corrected chi connectivity index (χ2v) is 9.19. The van der Waals surface area contributed by atoms with Gasteiger partial charge in [0.05, 0.1) is 18.0 Å². The highest BCUT2D eigenvalue weighted by Crippen LogP contribution is 2.44. The molecular weight excluding hydrogens is 414 g/mol. The number of amides is 2. The standard InChI is InChI=1S/C23H25N3O4S/c1-13(2)11-18(22(28)25-16-9-10-30-23(16)29)26-21(27)14-7-8-20-17(12-14)24-15-5-3-4-6-19(15)31-20/h3-8,12-13,16,18,24H,9-11H2,1-2H3,(H,25,28)(H,26,27)/t16-,18-/m0/s1. The van der Waals surface area contributed by atoms with Crippen LogP contribution in [0.5, 0.6) is 0 Å². The second-order valence-electron chi connectivity index (χ2n) is 8.11. The molecule has 1 saturated heterocycles. The summed E-state index contributed by atoms with van der Waals surface area (Å²) in [7, 11) is 0. The molecule has 162 valence electrons. The van der Waals surface area contributed by atoms with Gasteiger partial charge in [0.2, 0.25) is 5.91 Å². The zero-order valence-corrected chi connectivity index (χ0v) is 18.3. The molecule has 2 amide bonds. The van der Waals surface area contributed by atoms with Crippen LogP contribution in [0, 0.1) is 5.92 Å². The van der Waals surface area contributed by atoms with Gasteiger partial charge in [-0.3, -0.25) is 9.59 Å². The Morgan fingerprint density at radius 2 is 1.94 bits per heavy atom. The van der Waals surface area contributed by atoms with Crippen molar-refractivity contribution in [3.8, 4) is 0 Å². The highest BCUT2D eigenvalue weighted by molar-refractivity contribution is 7.99. The molecule has 2 heterocycles. The summed E-state index contributed by atoms with van der Waals surface area (Å²) in [4.78, 5) is 39.6. The Balaban J connectivity index is 1.47. The highest BCUT2D eigenvalue weighted by atomic mass is 32.2. The molecule has 0 aromatic heterocycles. The summed E-state index contributed by atoms with van der Waals surface area (Å²) in [6.07, 6.45) is 0.911. The van der Waals surface area contributed by atoms with Crippen LogP contribution in [0.3, 0.4) is 0 Å². The molecule has 0 aliphatic carbocycles. The molecule has 0 bridgehead atoms. The molecule has 0 saturated carbocycles. The number of esters is 1. The van der Waals surface area contributed by atoms with Crippen LogP contribution in [-0.2, 0) is 14.3 Å². The minimum Gasteiger partial charge on any atom is -0.464 e. The number of ether oxygens (including phenoxy) is 1. The van der Waals surface area contributed by atoms with E-state index in [-0.39, 0.29) is 17.7 Å². The molecule has 31 heavy (non-hydrogen) atoms. The first kappa shape index (κ1) is 21.2. The van der Waals surface area contributed by atoms with E-state index in [2.05, 4.69) is 16.0 Å². The van der Waals surface area contributed by atoms with Crippen molar-refractivity contribution >= 4 is 40.9 Å². The molecule has 2 aliphatic heterocycles. The smallest absolute Gasteiger partial charge is 0.328 e. The minimum atomic E-state index is -0.736. The van der Waals surface area contributed by atoms with Crippen molar-refractivity contribution in [3.63, 3.8) is 0 Å². The molecule has 0 radical (unpaired) electrons. The van der Waals surface area contributed by atoms with Gasteiger partial charge in [-0.15, -0.1) is 0 Å². The number of anilines is 2. The summed E-state index contributed by atoms with van der Waals surface area (Å²) in [6.45, 7) is 4.26. The predicted octanol–water partition coefficient (Wildman–Crippen LogP) is 3.47. The van der Waals surface area contributed by atoms with Crippen LogP contribution in [0.4, 0.5) is 11.4 Å². The predicted molar refractivity (Wildman–Crippen MR) is 119 cm³/mol. The molecule has 2 atom stereocenters. The summed E-state index contributed by atoms with van der Waals surface area (Å²) in [5.41, 5.74) is 2.32. The number of nitrogens with one attached hydrogen (secondary N) is 3. The lowest BCUT2D eigenvalue weighted by atomic mass is 10.0. The van der Waals surface area contributed by atoms with Crippen molar-refractivity contribution in [2.24, 2.45) is 5.92 Å². The zero-order chi connectivity index (χ0) is 22.0. The molecule has 3 N–H and O–H groups in total. The zero-order valence-electron chi connectivity index (χ0n) is 17.4. The van der Waals surface area contributed by atoms with Crippen molar-refractivity contribution in [2.75, 3.05) is 11.9 Å². The Morgan fingerprint density at radius 3 is 2.68 bits per heavy atom. The molecule has 2 aliphatic rings. The van der Waals surface area contributed by atoms with Crippen LogP contribution in [-0.4, -0.2) is 36.5 Å². The lowest BCUT2D eigenvalue weighted by Gasteiger charge is -2.23. The summed E-state index contributed by atoms with van der Waals surface area (Å²) in [5, 5.41) is 8.92. The summed E-state index contributed by atoms with van der Waals surface area (Å²) in [5.74, 6) is -0.944. The number of fused-ring (bicyclic) bond motifs is 2. The van der Waals surface area contributed by atoms with E-state index >= 15 is 0 Å². The maximum atomic E-state index is 13.0. The van der Waals surface area contributed by atoms with Gasteiger partial charge in [-0.05, 0) is 42.7 Å². The van der Waals surface area contributed by atoms with E-state index in [1.165, 1.54) is 0 Å². The number of carbonyl (C=O) groups excluding carboxylic acids is 3. The summed E-state index contributed by atoms with van der Waals surface area (Å²) < 4.78 is 4.91. The first-order valence-electron chi connectivity index (χ1n) is 10.4. The molecule has 7 nitrogen and oxygen atoms in total. The fourth-order valence-corrected chi connectivity index (χ4v) is 4.59. The van der Waals surface area contributed by atoms with Gasteiger partial charge in [-0.25, -0.2) is 4.79 Å². The largest absolute Gasteiger partial charge is 0.464 e. The third-order valence-corrected chi connectivity index (χ3v) is 6.35. The molecule has 2 aromatic rings. The quantitative estimate of drug-likeness (QED) is 0.509. The Bertz CT molecular complexity index is 1020. The number of para-hydroxylation sites is 1. The van der Waals surface area contributed by atoms with Crippen molar-refractivity contribution < 1.29 is 19.1 Å². The third kappa shape index (κ3) is 4.85. The van der Waals surface area contributed by atoms with Gasteiger partial charge in [0, 0.05) is 21.8 Å². The van der Waals surface area contributed by atoms with Gasteiger partial charge in [0.25, 0.3) is 5.91 Å². The fourth-order valence-electron chi connectivity index (χ4n) is 3.62. The lowest BCUT2D eigenvalue weighted by molar-refractivity contribution is -0.141. The Kier molecular flexibility index (Phi) is 6.18. The molecule has 4 rings (SSSR count). The van der Waals surface area contributed by atoms with E-state index in [0.29, 0.717) is 25.0 Å². The normalized spacial score (nSPS) is 17.8. The van der Waals surface area contributed by atoms with Crippen LogP contribution < -0.4 is 16.0 Å². The van der Waals surface area contributed by atoms with Gasteiger partial charge in [-0.2, -0.15) is 0 Å². The molecular formula is C23H25N3O4S. The van der Waals surface area contributed by atoms with E-state index in [4.69, 9.17) is 4.74 Å². The number of benzene rings is 2. The Morgan fingerprint density at radius 1 is 1.16 bits per heavy atom. The van der Waals surface area contributed by atoms with Crippen LogP contribution >= 0.6 is 11.8 Å². The van der Waals surface area contributed by atoms with Crippen LogP contribution in [0.1, 0.15) is 37.0 Å². The van der Waals surface area contributed by atoms with E-state index in [1.54, 1.807) is 23.9 Å². The maximum absolute atomic E-state index is 13.0. The topological polar surface area (TPSA) is 96.5 Å². The van der Waals surface area contributed by atoms with Crippen molar-refractivity contribution in [3.05, 3.63) is 48.0 Å². The van der Waals surface area contributed by atoms with Gasteiger partial charge < -0.3 is 20.7 Å². The lowest BCUT2D eigenvalue weighted by Crippen LogP contribution is -2.51. The first-order valence-corrected chi connectivity index (χ1v) is 11.2. The Hall–Kier alpha value is -3.00. The monoisotopic (exact) mass is 439 g/mol. The average molecular weight is 440 g/mol. The number of cyclic esters (lactones) is 1. The van der Waals surface area contributed by atoms with Gasteiger partial charge in [-0.1, -0.05) is 37.7 Å². The Labute approximate surface area is 185 Å². The van der Waals surface area contributed by atoms with Gasteiger partial charge in [0.15, 0.2) is 0 Å². The third-order valence-electron chi connectivity index (χ3n) is 5.20. The number of hydrogen-bond donors (Lipinski definition) is 3. The van der Waals surface area contributed by atoms with Crippen LogP contribution in [0.25, 0.3) is 0 Å². The summed E-state index contributed by atoms with van der Waals surface area (Å²) >= 11 is 1.65. The molecule has 0 spiro atoms. The molecule has 1 fully saturated rings. The number of carbonyl (C=O) groups is 3. The average Bonchev–Trinajstić information content (AvgIpc) is 3.15. The van der Waals surface area contributed by atoms with Crippen molar-refractivity contribution in [1.82, 2.24) is 10.6 Å². The fraction of sp³-hybridized carbons (Fsp3) is 0.348. The highest BCUT2D eigenvalue weighted by Gasteiger charge is 2.31. The molecule has 8 heteroatoms. The summed E-state index contributed by atoms with van der Waals surface area (Å²) in [6, 6.07) is 12.1. The van der Waals surface area contributed by atoms with Crippen LogP contribution in [0.15, 0.2) is 52.3 Å². The number of rotatable bonds is 6. The van der Waals surface area contributed by atoms with Gasteiger partial charge in [0.1, 0.15) is 12.1 Å². The van der Waals surface area contributed by atoms with E-state index in [1.807, 2.05) is 44.2 Å². The van der Waals surface area contributed by atoms with Gasteiger partial charge >= 0.3 is 5.97 Å². The van der Waals surface area contributed by atoms with E-state index in [0.717, 1.165) is 21.2 Å². The molecule has 0 unspecified atom stereocenters.